The molecular formula is C5H12BNO. The van der Waals surface area contributed by atoms with Gasteiger partial charge in [0.2, 0.25) is 0 Å². The van der Waals surface area contributed by atoms with Crippen molar-refractivity contribution in [2.75, 3.05) is 0 Å². The molecule has 0 bridgehead atoms. The molecule has 1 aliphatic heterocycles. The third-order valence-electron chi connectivity index (χ3n) is 1.62. The highest BCUT2D eigenvalue weighted by molar-refractivity contribution is 6.48. The molecule has 46 valence electrons. The zero-order valence-corrected chi connectivity index (χ0v) is 5.64. The minimum absolute atomic E-state index is 0.250. The predicted molar refractivity (Wildman–Crippen MR) is 34.8 cm³/mol. The molecule has 2 atom stereocenters. The van der Waals surface area contributed by atoms with Gasteiger partial charge in [-0.25, -0.2) is 0 Å². The van der Waals surface area contributed by atoms with Gasteiger partial charge < -0.3 is 9.88 Å². The minimum Gasteiger partial charge on any atom is -0.417 e. The van der Waals surface area contributed by atoms with Gasteiger partial charge in [0.1, 0.15) is 0 Å². The van der Waals surface area contributed by atoms with E-state index in [1.807, 2.05) is 6.82 Å². The van der Waals surface area contributed by atoms with Crippen LogP contribution >= 0.6 is 0 Å². The van der Waals surface area contributed by atoms with Crippen molar-refractivity contribution in [2.24, 2.45) is 0 Å². The van der Waals surface area contributed by atoms with Crippen molar-refractivity contribution >= 4 is 7.05 Å². The van der Waals surface area contributed by atoms with Crippen molar-refractivity contribution in [1.82, 2.24) is 5.23 Å². The van der Waals surface area contributed by atoms with Gasteiger partial charge in [0.25, 0.3) is 0 Å². The minimum atomic E-state index is 0.250. The van der Waals surface area contributed by atoms with Crippen LogP contribution in [0.3, 0.4) is 0 Å². The standard InChI is InChI=1S/C5H12BNO/c1-4-5(2)8-6(3)7-4/h4-5,7H,1-3H3. The molecule has 0 aliphatic carbocycles. The summed E-state index contributed by atoms with van der Waals surface area (Å²) in [7, 11) is 0.250. The first kappa shape index (κ1) is 6.11. The first-order valence-corrected chi connectivity index (χ1v) is 3.11. The Kier molecular flexibility index (Phi) is 1.58. The SMILES string of the molecule is CB1NC(C)C(C)O1. The van der Waals surface area contributed by atoms with E-state index in [0.717, 1.165) is 0 Å². The van der Waals surface area contributed by atoms with Crippen LogP contribution in [0.4, 0.5) is 0 Å². The molecule has 1 heterocycles. The molecule has 1 saturated heterocycles. The maximum Gasteiger partial charge on any atom is 0.376 e. The fraction of sp³-hybridized carbons (Fsp3) is 1.00. The molecule has 1 N–H and O–H groups in total. The Bertz CT molecular complexity index is 78.5. The maximum absolute atomic E-state index is 5.36. The summed E-state index contributed by atoms with van der Waals surface area (Å²) in [5.41, 5.74) is 0. The van der Waals surface area contributed by atoms with Gasteiger partial charge in [-0.1, -0.05) is 0 Å². The zero-order valence-electron chi connectivity index (χ0n) is 5.64. The Balaban J connectivity index is 2.39. The van der Waals surface area contributed by atoms with Crippen LogP contribution in [0, 0.1) is 0 Å². The van der Waals surface area contributed by atoms with Gasteiger partial charge in [-0.15, -0.1) is 0 Å². The number of rotatable bonds is 0. The van der Waals surface area contributed by atoms with Crippen LogP contribution in [-0.4, -0.2) is 19.2 Å². The van der Waals surface area contributed by atoms with Gasteiger partial charge in [-0.2, -0.15) is 0 Å². The zero-order chi connectivity index (χ0) is 6.15. The van der Waals surface area contributed by atoms with E-state index in [-0.39, 0.29) is 7.05 Å². The first-order valence-electron chi connectivity index (χ1n) is 3.11. The Hall–Kier alpha value is -0.0151. The fourth-order valence-electron chi connectivity index (χ4n) is 0.985. The van der Waals surface area contributed by atoms with Gasteiger partial charge in [0.05, 0.1) is 6.10 Å². The fourth-order valence-corrected chi connectivity index (χ4v) is 0.985. The van der Waals surface area contributed by atoms with Crippen LogP contribution in [0.25, 0.3) is 0 Å². The highest BCUT2D eigenvalue weighted by Gasteiger charge is 2.27. The Morgan fingerprint density at radius 1 is 1.50 bits per heavy atom. The topological polar surface area (TPSA) is 21.3 Å². The monoisotopic (exact) mass is 113 g/mol. The Morgan fingerprint density at radius 2 is 2.12 bits per heavy atom. The van der Waals surface area contributed by atoms with Gasteiger partial charge in [0, 0.05) is 6.04 Å². The summed E-state index contributed by atoms with van der Waals surface area (Å²) in [6.07, 6.45) is 0.380. The highest BCUT2D eigenvalue weighted by Crippen LogP contribution is 2.06. The molecule has 0 aromatic rings. The van der Waals surface area contributed by atoms with Crippen molar-refractivity contribution in [1.29, 1.82) is 0 Å². The van der Waals surface area contributed by atoms with Gasteiger partial charge in [-0.05, 0) is 20.7 Å². The summed E-state index contributed by atoms with van der Waals surface area (Å²) in [5.74, 6) is 0. The normalized spacial score (nSPS) is 38.6. The second kappa shape index (κ2) is 2.07. The van der Waals surface area contributed by atoms with E-state index in [9.17, 15) is 0 Å². The van der Waals surface area contributed by atoms with Crippen LogP contribution in [0.2, 0.25) is 6.82 Å². The van der Waals surface area contributed by atoms with E-state index in [0.29, 0.717) is 12.1 Å². The van der Waals surface area contributed by atoms with E-state index in [1.165, 1.54) is 0 Å². The van der Waals surface area contributed by atoms with Crippen molar-refractivity contribution in [2.45, 2.75) is 32.8 Å². The number of nitrogens with one attached hydrogen (secondary N) is 1. The van der Waals surface area contributed by atoms with Crippen LogP contribution in [0.1, 0.15) is 13.8 Å². The molecule has 3 heteroatoms. The van der Waals surface area contributed by atoms with E-state index in [4.69, 9.17) is 4.65 Å². The summed E-state index contributed by atoms with van der Waals surface area (Å²) < 4.78 is 5.36. The van der Waals surface area contributed by atoms with Crippen LogP contribution in [0.15, 0.2) is 0 Å². The lowest BCUT2D eigenvalue weighted by atomic mass is 9.89. The highest BCUT2D eigenvalue weighted by atomic mass is 16.5. The summed E-state index contributed by atoms with van der Waals surface area (Å²) >= 11 is 0. The number of hydrogen-bond acceptors (Lipinski definition) is 2. The summed E-state index contributed by atoms with van der Waals surface area (Å²) in [4.78, 5) is 0. The maximum atomic E-state index is 5.36. The average Bonchev–Trinajstić information content (AvgIpc) is 1.85. The molecule has 8 heavy (non-hydrogen) atoms. The molecule has 2 nitrogen and oxygen atoms in total. The molecule has 0 amide bonds. The molecule has 0 radical (unpaired) electrons. The summed E-state index contributed by atoms with van der Waals surface area (Å²) in [5, 5.41) is 3.24. The molecule has 0 spiro atoms. The average molecular weight is 113 g/mol. The lowest BCUT2D eigenvalue weighted by molar-refractivity contribution is 0.239. The molecule has 2 unspecified atom stereocenters. The number of hydrogen-bond donors (Lipinski definition) is 1. The van der Waals surface area contributed by atoms with Crippen LogP contribution < -0.4 is 5.23 Å². The van der Waals surface area contributed by atoms with Crippen molar-refractivity contribution in [3.8, 4) is 0 Å². The second-order valence-electron chi connectivity index (χ2n) is 2.44. The van der Waals surface area contributed by atoms with E-state index in [2.05, 4.69) is 19.1 Å². The van der Waals surface area contributed by atoms with E-state index < -0.39 is 0 Å². The lowest BCUT2D eigenvalue weighted by Crippen LogP contribution is -2.30. The Labute approximate surface area is 50.7 Å². The molecule has 0 saturated carbocycles. The van der Waals surface area contributed by atoms with Gasteiger partial charge in [-0.3, -0.25) is 0 Å². The Morgan fingerprint density at radius 3 is 2.25 bits per heavy atom. The largest absolute Gasteiger partial charge is 0.417 e. The first-order chi connectivity index (χ1) is 3.70. The molecular weight excluding hydrogens is 101 g/mol. The summed E-state index contributed by atoms with van der Waals surface area (Å²) in [6.45, 7) is 6.25. The van der Waals surface area contributed by atoms with Crippen LogP contribution in [-0.2, 0) is 4.65 Å². The van der Waals surface area contributed by atoms with Crippen molar-refractivity contribution in [3.05, 3.63) is 0 Å². The van der Waals surface area contributed by atoms with E-state index in [1.54, 1.807) is 0 Å². The smallest absolute Gasteiger partial charge is 0.376 e. The second-order valence-corrected chi connectivity index (χ2v) is 2.44. The molecule has 0 aromatic carbocycles. The van der Waals surface area contributed by atoms with E-state index >= 15 is 0 Å². The third-order valence-corrected chi connectivity index (χ3v) is 1.62. The van der Waals surface area contributed by atoms with Crippen molar-refractivity contribution in [3.63, 3.8) is 0 Å². The molecule has 1 rings (SSSR count). The molecule has 0 aromatic heterocycles. The molecule has 1 fully saturated rings. The predicted octanol–water partition coefficient (Wildman–Crippen LogP) is 0.501. The van der Waals surface area contributed by atoms with Gasteiger partial charge in [0.15, 0.2) is 0 Å². The summed E-state index contributed by atoms with van der Waals surface area (Å²) in [6, 6.07) is 0.519. The lowest BCUT2D eigenvalue weighted by Gasteiger charge is -2.05. The van der Waals surface area contributed by atoms with Gasteiger partial charge >= 0.3 is 7.05 Å². The van der Waals surface area contributed by atoms with Crippen LogP contribution in [0.5, 0.6) is 0 Å². The molecule has 1 aliphatic rings. The quantitative estimate of drug-likeness (QED) is 0.462. The van der Waals surface area contributed by atoms with Crippen molar-refractivity contribution < 1.29 is 4.65 Å². The third kappa shape index (κ3) is 1.04.